The summed E-state index contributed by atoms with van der Waals surface area (Å²) in [6, 6.07) is 11.0. The smallest absolute Gasteiger partial charge is 0.367 e. The third kappa shape index (κ3) is 4.98. The van der Waals surface area contributed by atoms with Gasteiger partial charge < -0.3 is 11.1 Å². The molecule has 1 unspecified atom stereocenters. The van der Waals surface area contributed by atoms with Crippen LogP contribution in [-0.2, 0) is 10.3 Å². The molecule has 2 rings (SSSR count). The van der Waals surface area contributed by atoms with E-state index >= 15 is 0 Å². The number of pyridine rings is 1. The lowest BCUT2D eigenvalue weighted by Gasteiger charge is -2.28. The average molecular weight is 383 g/mol. The Morgan fingerprint density at radius 2 is 1.85 bits per heavy atom. The molecule has 9 heteroatoms. The number of rotatable bonds is 6. The Kier molecular flexibility index (Phi) is 5.91. The van der Waals surface area contributed by atoms with E-state index in [1.165, 1.54) is 25.3 Å². The van der Waals surface area contributed by atoms with Crippen molar-refractivity contribution in [2.45, 2.75) is 23.7 Å². The molecule has 138 valence electrons. The second kappa shape index (κ2) is 7.77. The van der Waals surface area contributed by atoms with Crippen LogP contribution < -0.4 is 11.1 Å². The zero-order valence-electron chi connectivity index (χ0n) is 13.7. The summed E-state index contributed by atoms with van der Waals surface area (Å²) in [4.78, 5) is 28.3. The van der Waals surface area contributed by atoms with Crippen molar-refractivity contribution in [3.05, 3.63) is 59.8 Å². The minimum Gasteiger partial charge on any atom is -0.367 e. The molecule has 0 radical (unpaired) electrons. The Labute approximate surface area is 152 Å². The van der Waals surface area contributed by atoms with E-state index < -0.39 is 29.3 Å². The number of halogens is 3. The Morgan fingerprint density at radius 3 is 2.42 bits per heavy atom. The molecular formula is C17H16F3N3O2S. The largest absolute Gasteiger partial charge is 0.398 e. The lowest BCUT2D eigenvalue weighted by molar-refractivity contribution is -0.123. The van der Waals surface area contributed by atoms with Crippen LogP contribution in [0.15, 0.2) is 53.7 Å². The molecule has 1 aromatic carbocycles. The first-order valence-electron chi connectivity index (χ1n) is 7.45. The molecule has 3 N–H and O–H groups in total. The molecule has 0 aliphatic heterocycles. The second-order valence-electron chi connectivity index (χ2n) is 5.60. The fourth-order valence-electron chi connectivity index (χ4n) is 2.13. The molecule has 1 heterocycles. The van der Waals surface area contributed by atoms with Crippen molar-refractivity contribution in [3.8, 4) is 0 Å². The molecule has 1 aromatic heterocycles. The molecule has 26 heavy (non-hydrogen) atoms. The number of nitrogens with one attached hydrogen (secondary N) is 1. The van der Waals surface area contributed by atoms with Gasteiger partial charge in [-0.25, -0.2) is 4.98 Å². The first-order chi connectivity index (χ1) is 12.1. The van der Waals surface area contributed by atoms with Gasteiger partial charge in [0.1, 0.15) is 5.54 Å². The molecule has 0 bridgehead atoms. The number of aromatic nitrogens is 1. The van der Waals surface area contributed by atoms with Crippen molar-refractivity contribution < 1.29 is 22.8 Å². The van der Waals surface area contributed by atoms with E-state index in [4.69, 9.17) is 5.73 Å². The van der Waals surface area contributed by atoms with Crippen LogP contribution in [0.1, 0.15) is 22.8 Å². The minimum atomic E-state index is -4.34. The molecule has 5 nitrogen and oxygen atoms in total. The number of carbonyl (C=O) groups is 2. The van der Waals surface area contributed by atoms with Crippen molar-refractivity contribution in [1.82, 2.24) is 10.3 Å². The molecule has 2 aromatic rings. The van der Waals surface area contributed by atoms with Crippen LogP contribution >= 0.6 is 11.8 Å². The van der Waals surface area contributed by atoms with E-state index in [1.54, 1.807) is 30.3 Å². The van der Waals surface area contributed by atoms with Gasteiger partial charge in [0, 0.05) is 11.8 Å². The highest BCUT2D eigenvalue weighted by molar-refractivity contribution is 7.99. The van der Waals surface area contributed by atoms with E-state index in [0.717, 1.165) is 0 Å². The number of benzene rings is 1. The first kappa shape index (κ1) is 19.8. The maximum Gasteiger partial charge on any atom is 0.398 e. The highest BCUT2D eigenvalue weighted by Gasteiger charge is 2.35. The Hall–Kier alpha value is -2.55. The Bertz CT molecular complexity index is 799. The van der Waals surface area contributed by atoms with Gasteiger partial charge in [0.2, 0.25) is 5.91 Å². The summed E-state index contributed by atoms with van der Waals surface area (Å²) in [5.41, 5.74) is 4.55. The lowest BCUT2D eigenvalue weighted by Crippen LogP contribution is -2.52. The normalized spacial score (nSPS) is 13.7. The van der Waals surface area contributed by atoms with E-state index in [0.29, 0.717) is 17.3 Å². The summed E-state index contributed by atoms with van der Waals surface area (Å²) in [5.74, 6) is -2.53. The van der Waals surface area contributed by atoms with Gasteiger partial charge in [-0.3, -0.25) is 9.59 Å². The average Bonchev–Trinajstić information content (AvgIpc) is 2.60. The predicted molar refractivity (Wildman–Crippen MR) is 91.5 cm³/mol. The molecular weight excluding hydrogens is 367 g/mol. The van der Waals surface area contributed by atoms with Gasteiger partial charge >= 0.3 is 6.18 Å². The number of primary amides is 1. The van der Waals surface area contributed by atoms with Crippen molar-refractivity contribution in [2.75, 3.05) is 5.75 Å². The van der Waals surface area contributed by atoms with Crippen molar-refractivity contribution in [3.63, 3.8) is 0 Å². The van der Waals surface area contributed by atoms with E-state index in [9.17, 15) is 22.8 Å². The molecule has 0 saturated heterocycles. The summed E-state index contributed by atoms with van der Waals surface area (Å²) >= 11 is 0.472. The zero-order valence-corrected chi connectivity index (χ0v) is 14.5. The number of amides is 2. The number of nitrogens with zero attached hydrogens (tertiary/aromatic N) is 1. The zero-order chi connectivity index (χ0) is 19.4. The van der Waals surface area contributed by atoms with Crippen LogP contribution in [0.4, 0.5) is 13.2 Å². The number of thioether (sulfide) groups is 1. The van der Waals surface area contributed by atoms with Crippen LogP contribution in [0.5, 0.6) is 0 Å². The summed E-state index contributed by atoms with van der Waals surface area (Å²) < 4.78 is 37.0. The fraction of sp³-hybridized carbons (Fsp3) is 0.235. The van der Waals surface area contributed by atoms with Gasteiger partial charge in [-0.15, -0.1) is 0 Å². The van der Waals surface area contributed by atoms with E-state index in [2.05, 4.69) is 10.3 Å². The van der Waals surface area contributed by atoms with Gasteiger partial charge in [0.05, 0.1) is 10.8 Å². The van der Waals surface area contributed by atoms with Crippen molar-refractivity contribution >= 4 is 23.6 Å². The summed E-state index contributed by atoms with van der Waals surface area (Å²) in [7, 11) is 0. The third-order valence-electron chi connectivity index (χ3n) is 3.59. The highest BCUT2D eigenvalue weighted by Crippen LogP contribution is 2.27. The maximum atomic E-state index is 12.5. The predicted octanol–water partition coefficient (Wildman–Crippen LogP) is 2.87. The first-order valence-corrected chi connectivity index (χ1v) is 8.44. The lowest BCUT2D eigenvalue weighted by atomic mass is 9.91. The second-order valence-corrected chi connectivity index (χ2v) is 6.59. The third-order valence-corrected chi connectivity index (χ3v) is 4.58. The van der Waals surface area contributed by atoms with Crippen LogP contribution in [0.25, 0.3) is 0 Å². The van der Waals surface area contributed by atoms with E-state index in [-0.39, 0.29) is 10.6 Å². The number of alkyl halides is 3. The maximum absolute atomic E-state index is 12.5. The Balaban J connectivity index is 2.21. The van der Waals surface area contributed by atoms with Crippen molar-refractivity contribution in [2.24, 2.45) is 5.73 Å². The summed E-state index contributed by atoms with van der Waals surface area (Å²) in [6.07, 6.45) is -3.11. The molecule has 0 aliphatic rings. The van der Waals surface area contributed by atoms with Gasteiger partial charge in [0.15, 0.2) is 0 Å². The molecule has 0 aliphatic carbocycles. The summed E-state index contributed by atoms with van der Waals surface area (Å²) in [5, 5.41) is 2.60. The fourth-order valence-corrected chi connectivity index (χ4v) is 2.79. The minimum absolute atomic E-state index is 0.0514. The van der Waals surface area contributed by atoms with E-state index in [1.807, 2.05) is 0 Å². The monoisotopic (exact) mass is 383 g/mol. The van der Waals surface area contributed by atoms with Crippen LogP contribution in [0.2, 0.25) is 0 Å². The standard InChI is InChI=1S/C17H16F3N3O2S/c1-16(15(21)25,12-5-3-2-4-6-12)23-14(24)11-7-8-22-13(9-11)26-10-17(18,19)20/h2-9H,10H2,1H3,(H2,21,25)(H,23,24). The van der Waals surface area contributed by atoms with Crippen LogP contribution in [0.3, 0.4) is 0 Å². The summed E-state index contributed by atoms with van der Waals surface area (Å²) in [6.45, 7) is 1.46. The van der Waals surface area contributed by atoms with Gasteiger partial charge in [-0.05, 0) is 24.6 Å². The molecule has 0 fully saturated rings. The number of carbonyl (C=O) groups excluding carboxylic acids is 2. The number of nitrogens with two attached hydrogens (primary N) is 1. The molecule has 1 atom stereocenters. The quantitative estimate of drug-likeness (QED) is 0.751. The topological polar surface area (TPSA) is 85.1 Å². The molecule has 2 amide bonds. The van der Waals surface area contributed by atoms with Gasteiger partial charge in [-0.1, -0.05) is 42.1 Å². The SMILES string of the molecule is CC(NC(=O)c1ccnc(SCC(F)(F)F)c1)(C(N)=O)c1ccccc1. The molecule has 0 saturated carbocycles. The van der Waals surface area contributed by atoms with Crippen molar-refractivity contribution in [1.29, 1.82) is 0 Å². The number of hydrogen-bond acceptors (Lipinski definition) is 4. The van der Waals surface area contributed by atoms with Gasteiger partial charge in [-0.2, -0.15) is 13.2 Å². The Morgan fingerprint density at radius 1 is 1.19 bits per heavy atom. The number of hydrogen-bond donors (Lipinski definition) is 2. The van der Waals surface area contributed by atoms with Crippen LogP contribution in [0, 0.1) is 0 Å². The van der Waals surface area contributed by atoms with Gasteiger partial charge in [0.25, 0.3) is 5.91 Å². The molecule has 0 spiro atoms. The highest BCUT2D eigenvalue weighted by atomic mass is 32.2. The van der Waals surface area contributed by atoms with Crippen LogP contribution in [-0.4, -0.2) is 28.7 Å².